The van der Waals surface area contributed by atoms with E-state index in [0.717, 1.165) is 0 Å². The first kappa shape index (κ1) is 46.0. The zero-order valence-electron chi connectivity index (χ0n) is 35.8. The number of nitrogens with zero attached hydrogens (tertiary/aromatic N) is 7. The molecular formula is C41H61N7O11. The summed E-state index contributed by atoms with van der Waals surface area (Å²) in [7, 11) is 3.72. The maximum Gasteiger partial charge on any atom is 0.316 e. The van der Waals surface area contributed by atoms with Crippen LogP contribution in [0.4, 0.5) is 0 Å². The average molecular weight is 828 g/mol. The number of carbonyl (C=O) groups is 3. The minimum atomic E-state index is -1.84. The maximum atomic E-state index is 14.4. The molecule has 0 aromatic carbocycles. The standard InChI is InChI=1S/C41H61N7O11/c1-11-32-41(8,53)33-16-30(45-27(6)49)23(2)17-40(7,55-22-29(21-54-33)46-56-20-28-18-42-39(43-19-28)48-14-12-13-44-48)36(25(4)34(50)26(5)37(52)58-32)59-38-35(51)31(47(9)10)15-24(3)57-38/h12-14,18-19,23-26,31-33,35-36,38,51,53H,11,15-17,20-22H2,1-10H3/b45-30?,46-29-/t23-,24-,25+,26-,31+,32+,33+,35-,36-,38+,40-,41-/m1/s1. The summed E-state index contributed by atoms with van der Waals surface area (Å²) in [4.78, 5) is 61.7. The van der Waals surface area contributed by atoms with E-state index >= 15 is 0 Å². The van der Waals surface area contributed by atoms with Crippen LogP contribution in [0.5, 0.6) is 0 Å². The third kappa shape index (κ3) is 11.0. The van der Waals surface area contributed by atoms with Crippen molar-refractivity contribution in [3.05, 3.63) is 36.4 Å². The van der Waals surface area contributed by atoms with Gasteiger partial charge in [0.15, 0.2) is 12.1 Å². The predicted molar refractivity (Wildman–Crippen MR) is 213 cm³/mol. The lowest BCUT2D eigenvalue weighted by atomic mass is 9.76. The first-order chi connectivity index (χ1) is 27.8. The molecule has 1 amide bonds. The van der Waals surface area contributed by atoms with Crippen LogP contribution >= 0.6 is 0 Å². The van der Waals surface area contributed by atoms with Crippen LogP contribution < -0.4 is 0 Å². The topological polar surface area (TPSA) is 219 Å². The number of aliphatic hydroxyl groups is 2. The molecule has 2 N–H and O–H groups in total. The summed E-state index contributed by atoms with van der Waals surface area (Å²) in [6, 6.07) is 1.44. The van der Waals surface area contributed by atoms with Crippen LogP contribution in [0, 0.1) is 17.8 Å². The number of hydrogen-bond acceptors (Lipinski definition) is 16. The number of hydrogen-bond donors (Lipinski definition) is 2. The zero-order valence-corrected chi connectivity index (χ0v) is 35.8. The van der Waals surface area contributed by atoms with Crippen LogP contribution in [0.15, 0.2) is 41.0 Å². The molecule has 2 aromatic rings. The second-order valence-electron chi connectivity index (χ2n) is 16.7. The Morgan fingerprint density at radius 3 is 2.46 bits per heavy atom. The lowest BCUT2D eigenvalue weighted by molar-refractivity contribution is -0.296. The van der Waals surface area contributed by atoms with Crippen molar-refractivity contribution in [3.63, 3.8) is 0 Å². The van der Waals surface area contributed by atoms with Gasteiger partial charge in [0.2, 0.25) is 11.9 Å². The smallest absolute Gasteiger partial charge is 0.316 e. The highest BCUT2D eigenvalue weighted by Crippen LogP contribution is 2.39. The summed E-state index contributed by atoms with van der Waals surface area (Å²) >= 11 is 0. The van der Waals surface area contributed by atoms with E-state index in [4.69, 9.17) is 28.5 Å². The molecule has 0 aliphatic carbocycles. The van der Waals surface area contributed by atoms with Crippen LogP contribution in [-0.2, 0) is 49.5 Å². The molecule has 18 heteroatoms. The number of amides is 1. The van der Waals surface area contributed by atoms with Crippen LogP contribution in [0.3, 0.4) is 0 Å². The lowest BCUT2D eigenvalue weighted by Gasteiger charge is -2.47. The molecule has 3 aliphatic heterocycles. The first-order valence-electron chi connectivity index (χ1n) is 20.3. The van der Waals surface area contributed by atoms with E-state index < -0.39 is 77.3 Å². The third-order valence-electron chi connectivity index (χ3n) is 11.6. The van der Waals surface area contributed by atoms with E-state index in [-0.39, 0.29) is 56.9 Å². The van der Waals surface area contributed by atoms with Crippen molar-refractivity contribution < 1.29 is 53.1 Å². The molecule has 18 nitrogen and oxygen atoms in total. The maximum absolute atomic E-state index is 14.4. The predicted octanol–water partition coefficient (Wildman–Crippen LogP) is 2.85. The number of aromatic nitrogens is 4. The Labute approximate surface area is 345 Å². The highest BCUT2D eigenvalue weighted by molar-refractivity contribution is 6.00. The van der Waals surface area contributed by atoms with Gasteiger partial charge in [0.1, 0.15) is 36.0 Å². The number of Topliss-reactive ketones (excluding diaryl/α,β-unsaturated/α-hetero) is 1. The highest BCUT2D eigenvalue weighted by atomic mass is 16.7. The van der Waals surface area contributed by atoms with Gasteiger partial charge in [-0.3, -0.25) is 14.4 Å². The van der Waals surface area contributed by atoms with E-state index in [0.29, 0.717) is 23.6 Å². The van der Waals surface area contributed by atoms with Crippen molar-refractivity contribution >= 4 is 29.1 Å². The minimum absolute atomic E-state index is 0.0150. The molecule has 5 rings (SSSR count). The number of aliphatic hydroxyl groups excluding tert-OH is 1. The largest absolute Gasteiger partial charge is 0.459 e. The van der Waals surface area contributed by atoms with E-state index in [2.05, 4.69) is 25.2 Å². The Bertz CT molecular complexity index is 1800. The molecule has 3 saturated heterocycles. The molecule has 3 fully saturated rings. The molecule has 5 heterocycles. The van der Waals surface area contributed by atoms with Crippen LogP contribution in [0.25, 0.3) is 5.95 Å². The van der Waals surface area contributed by atoms with Crippen molar-refractivity contribution in [2.24, 2.45) is 27.9 Å². The van der Waals surface area contributed by atoms with E-state index in [1.807, 2.05) is 32.8 Å². The van der Waals surface area contributed by atoms with Gasteiger partial charge in [0.25, 0.3) is 0 Å². The Morgan fingerprint density at radius 1 is 1.12 bits per heavy atom. The lowest BCUT2D eigenvalue weighted by Crippen LogP contribution is -2.59. The molecule has 326 valence electrons. The molecule has 0 spiro atoms. The number of cyclic esters (lactones) is 1. The summed E-state index contributed by atoms with van der Waals surface area (Å²) in [6.45, 7) is 12.8. The van der Waals surface area contributed by atoms with Crippen LogP contribution in [-0.4, -0.2) is 145 Å². The summed E-state index contributed by atoms with van der Waals surface area (Å²) in [5.41, 5.74) is -1.95. The molecule has 12 atom stereocenters. The van der Waals surface area contributed by atoms with Gasteiger partial charge >= 0.3 is 5.97 Å². The fourth-order valence-corrected chi connectivity index (χ4v) is 8.15. The van der Waals surface area contributed by atoms with Crippen molar-refractivity contribution in [3.8, 4) is 5.95 Å². The van der Waals surface area contributed by atoms with Gasteiger partial charge in [-0.15, -0.1) is 0 Å². The summed E-state index contributed by atoms with van der Waals surface area (Å²) in [5.74, 6) is -4.23. The van der Waals surface area contributed by atoms with Crippen LogP contribution in [0.1, 0.15) is 86.6 Å². The van der Waals surface area contributed by atoms with Crippen molar-refractivity contribution in [1.82, 2.24) is 24.6 Å². The van der Waals surface area contributed by atoms with Gasteiger partial charge in [0, 0.05) is 61.4 Å². The number of likely N-dealkylation sites (N-methyl/N-ethyl adjacent to an activating group) is 1. The van der Waals surface area contributed by atoms with Gasteiger partial charge in [-0.2, -0.15) is 5.10 Å². The number of oxime groups is 1. The van der Waals surface area contributed by atoms with Gasteiger partial charge in [-0.1, -0.05) is 25.9 Å². The van der Waals surface area contributed by atoms with Gasteiger partial charge in [0.05, 0.1) is 37.1 Å². The number of fused-ring (bicyclic) bond motifs is 5. The number of carbonyl (C=O) groups excluding carboxylic acids is 3. The van der Waals surface area contributed by atoms with Crippen LogP contribution in [0.2, 0.25) is 0 Å². The monoisotopic (exact) mass is 827 g/mol. The molecule has 59 heavy (non-hydrogen) atoms. The molecule has 0 radical (unpaired) electrons. The zero-order chi connectivity index (χ0) is 43.2. The number of rotatable bonds is 8. The Hall–Kier alpha value is -4.04. The third-order valence-corrected chi connectivity index (χ3v) is 11.6. The Balaban J connectivity index is 1.60. The van der Waals surface area contributed by atoms with Gasteiger partial charge in [-0.25, -0.2) is 19.6 Å². The highest BCUT2D eigenvalue weighted by Gasteiger charge is 2.51. The SMILES string of the molecule is CC[C@@H]1OC(=O)[C@H](C)C(=O)[C@H](C)[C@@H](O[C@@H]2O[C@H](C)C[C@H](N(C)C)[C@H]2O)[C@@]2(C)C[C@@H](C)C(=NC(C)=O)C[C@H](OC/C(=N/OCc3cnc(-n4cccn4)nc3)CO2)[C@]1(C)O. The quantitative estimate of drug-likeness (QED) is 0.222. The second kappa shape index (κ2) is 19.6. The van der Waals surface area contributed by atoms with E-state index in [1.165, 1.54) is 25.5 Å². The number of ketones is 1. The number of esters is 1. The molecule has 0 unspecified atom stereocenters. The van der Waals surface area contributed by atoms with E-state index in [9.17, 15) is 24.6 Å². The summed E-state index contributed by atoms with van der Waals surface area (Å²) in [5, 5.41) is 32.4. The number of aliphatic imine (C=N–C) groups is 1. The van der Waals surface area contributed by atoms with E-state index in [1.54, 1.807) is 51.6 Å². The van der Waals surface area contributed by atoms with Crippen molar-refractivity contribution in [1.29, 1.82) is 0 Å². The van der Waals surface area contributed by atoms with Gasteiger partial charge < -0.3 is 43.6 Å². The molecule has 0 saturated carbocycles. The van der Waals surface area contributed by atoms with Crippen molar-refractivity contribution in [2.45, 2.75) is 142 Å². The molecule has 2 bridgehead atoms. The normalized spacial score (nSPS) is 36.8. The average Bonchev–Trinajstić information content (AvgIpc) is 3.73. The molecular weight excluding hydrogens is 766 g/mol. The van der Waals surface area contributed by atoms with Gasteiger partial charge in [-0.05, 0) is 73.0 Å². The summed E-state index contributed by atoms with van der Waals surface area (Å²) in [6.07, 6.45) is 1.39. The number of ether oxygens (including phenoxy) is 5. The molecule has 2 aromatic heterocycles. The second-order valence-corrected chi connectivity index (χ2v) is 16.7. The first-order valence-corrected chi connectivity index (χ1v) is 20.3. The van der Waals surface area contributed by atoms with Crippen molar-refractivity contribution in [2.75, 3.05) is 27.3 Å². The fraction of sp³-hybridized carbons (Fsp3) is 0.707. The fourth-order valence-electron chi connectivity index (χ4n) is 8.15. The Morgan fingerprint density at radius 2 is 1.83 bits per heavy atom. The molecule has 3 aliphatic rings. The Kier molecular flexibility index (Phi) is 15.3. The minimum Gasteiger partial charge on any atom is -0.459 e. The summed E-state index contributed by atoms with van der Waals surface area (Å²) < 4.78 is 33.7.